The number of hydrogen-bond acceptors (Lipinski definition) is 3. The fourth-order valence-electron chi connectivity index (χ4n) is 3.34. The summed E-state index contributed by atoms with van der Waals surface area (Å²) >= 11 is 3.50. The molecule has 2 aromatic carbocycles. The third-order valence-corrected chi connectivity index (χ3v) is 5.11. The molecule has 1 saturated heterocycles. The van der Waals surface area contributed by atoms with Gasteiger partial charge in [-0.05, 0) is 79.9 Å². The highest BCUT2D eigenvalue weighted by Gasteiger charge is 2.15. The molecule has 1 aliphatic heterocycles. The van der Waals surface area contributed by atoms with Crippen molar-refractivity contribution in [3.8, 4) is 0 Å². The molecule has 2 N–H and O–H groups in total. The molecule has 0 radical (unpaired) electrons. The van der Waals surface area contributed by atoms with Crippen LogP contribution >= 0.6 is 15.9 Å². The maximum atomic E-state index is 4.71. The summed E-state index contributed by atoms with van der Waals surface area (Å²) in [4.78, 5) is 4.71. The number of anilines is 2. The Hall–Kier alpha value is -1.91. The molecule has 4 heteroatoms. The van der Waals surface area contributed by atoms with E-state index < -0.39 is 0 Å². The van der Waals surface area contributed by atoms with Crippen LogP contribution < -0.4 is 10.6 Å². The maximum absolute atomic E-state index is 4.71. The molecule has 4 rings (SSSR count). The number of rotatable bonds is 3. The summed E-state index contributed by atoms with van der Waals surface area (Å²) in [7, 11) is 0. The van der Waals surface area contributed by atoms with Gasteiger partial charge in [-0.3, -0.25) is 0 Å². The van der Waals surface area contributed by atoms with E-state index in [1.807, 2.05) is 18.2 Å². The summed E-state index contributed by atoms with van der Waals surface area (Å²) < 4.78 is 1.08. The molecule has 0 amide bonds. The molecule has 0 unspecified atom stereocenters. The predicted molar refractivity (Wildman–Crippen MR) is 104 cm³/mol. The van der Waals surface area contributed by atoms with Crippen LogP contribution in [0, 0.1) is 0 Å². The summed E-state index contributed by atoms with van der Waals surface area (Å²) in [5.74, 6) is 1.54. The van der Waals surface area contributed by atoms with Crippen LogP contribution in [0.1, 0.15) is 24.3 Å². The second-order valence-corrected chi connectivity index (χ2v) is 7.22. The van der Waals surface area contributed by atoms with Crippen molar-refractivity contribution in [2.24, 2.45) is 0 Å². The largest absolute Gasteiger partial charge is 0.340 e. The van der Waals surface area contributed by atoms with Gasteiger partial charge in [-0.2, -0.15) is 0 Å². The molecule has 0 saturated carbocycles. The fourth-order valence-corrected chi connectivity index (χ4v) is 3.72. The summed E-state index contributed by atoms with van der Waals surface area (Å²) in [6, 6.07) is 19.0. The van der Waals surface area contributed by atoms with Gasteiger partial charge in [0.15, 0.2) is 0 Å². The second-order valence-electron chi connectivity index (χ2n) is 6.31. The van der Waals surface area contributed by atoms with Crippen LogP contribution in [0.25, 0.3) is 10.9 Å². The first-order valence-corrected chi connectivity index (χ1v) is 9.21. The minimum atomic E-state index is 0.662. The van der Waals surface area contributed by atoms with Crippen LogP contribution in [0.3, 0.4) is 0 Å². The van der Waals surface area contributed by atoms with E-state index in [4.69, 9.17) is 4.98 Å². The highest BCUT2D eigenvalue weighted by Crippen LogP contribution is 2.28. The number of piperidine rings is 1. The third kappa shape index (κ3) is 3.45. The molecule has 2 heterocycles. The number of benzene rings is 2. The average molecular weight is 382 g/mol. The molecule has 1 fully saturated rings. The van der Waals surface area contributed by atoms with E-state index >= 15 is 0 Å². The van der Waals surface area contributed by atoms with Crippen molar-refractivity contribution < 1.29 is 0 Å². The number of halogens is 1. The number of aromatic nitrogens is 1. The summed E-state index contributed by atoms with van der Waals surface area (Å²) in [5, 5.41) is 8.02. The molecule has 3 nitrogen and oxygen atoms in total. The molecule has 0 bridgehead atoms. The second kappa shape index (κ2) is 6.91. The zero-order chi connectivity index (χ0) is 16.4. The zero-order valence-electron chi connectivity index (χ0n) is 13.4. The lowest BCUT2D eigenvalue weighted by atomic mass is 9.90. The Kier molecular flexibility index (Phi) is 4.50. The van der Waals surface area contributed by atoms with E-state index in [1.165, 1.54) is 18.4 Å². The Labute approximate surface area is 150 Å². The van der Waals surface area contributed by atoms with Gasteiger partial charge in [0, 0.05) is 15.5 Å². The SMILES string of the molecule is Brc1ccc2nc(Nc3cccc(C4CCNCC4)c3)ccc2c1. The van der Waals surface area contributed by atoms with Gasteiger partial charge in [-0.25, -0.2) is 4.98 Å². The predicted octanol–water partition coefficient (Wildman–Crippen LogP) is 5.21. The van der Waals surface area contributed by atoms with Crippen molar-refractivity contribution in [3.63, 3.8) is 0 Å². The molecule has 3 aromatic rings. The van der Waals surface area contributed by atoms with E-state index in [2.05, 4.69) is 63.0 Å². The lowest BCUT2D eigenvalue weighted by Gasteiger charge is -2.23. The minimum Gasteiger partial charge on any atom is -0.340 e. The molecule has 1 aliphatic rings. The molecule has 0 spiro atoms. The Morgan fingerprint density at radius 1 is 1.00 bits per heavy atom. The van der Waals surface area contributed by atoms with Crippen LogP contribution in [0.5, 0.6) is 0 Å². The van der Waals surface area contributed by atoms with E-state index in [-0.39, 0.29) is 0 Å². The van der Waals surface area contributed by atoms with Gasteiger partial charge < -0.3 is 10.6 Å². The number of pyridine rings is 1. The van der Waals surface area contributed by atoms with E-state index in [1.54, 1.807) is 0 Å². The first kappa shape index (κ1) is 15.6. The molecule has 122 valence electrons. The molecule has 0 aliphatic carbocycles. The highest BCUT2D eigenvalue weighted by atomic mass is 79.9. The van der Waals surface area contributed by atoms with Crippen molar-refractivity contribution in [3.05, 3.63) is 64.6 Å². The molecular formula is C20H20BrN3. The van der Waals surface area contributed by atoms with E-state index in [0.29, 0.717) is 5.92 Å². The molecule has 1 aromatic heterocycles. The van der Waals surface area contributed by atoms with Gasteiger partial charge in [0.25, 0.3) is 0 Å². The highest BCUT2D eigenvalue weighted by molar-refractivity contribution is 9.10. The zero-order valence-corrected chi connectivity index (χ0v) is 15.0. The topological polar surface area (TPSA) is 37.0 Å². The van der Waals surface area contributed by atoms with Gasteiger partial charge in [0.2, 0.25) is 0 Å². The van der Waals surface area contributed by atoms with Crippen molar-refractivity contribution >= 4 is 38.3 Å². The average Bonchev–Trinajstić information content (AvgIpc) is 2.63. The van der Waals surface area contributed by atoms with Crippen LogP contribution in [-0.2, 0) is 0 Å². The van der Waals surface area contributed by atoms with Crippen molar-refractivity contribution in [2.45, 2.75) is 18.8 Å². The first-order valence-electron chi connectivity index (χ1n) is 8.42. The number of nitrogens with one attached hydrogen (secondary N) is 2. The van der Waals surface area contributed by atoms with Crippen molar-refractivity contribution in [1.82, 2.24) is 10.3 Å². The number of fused-ring (bicyclic) bond motifs is 1. The van der Waals surface area contributed by atoms with Crippen LogP contribution in [0.4, 0.5) is 11.5 Å². The fraction of sp³-hybridized carbons (Fsp3) is 0.250. The quantitative estimate of drug-likeness (QED) is 0.653. The maximum Gasteiger partial charge on any atom is 0.131 e. The lowest BCUT2D eigenvalue weighted by Crippen LogP contribution is -2.26. The molecular weight excluding hydrogens is 362 g/mol. The van der Waals surface area contributed by atoms with Crippen LogP contribution in [0.15, 0.2) is 59.1 Å². The Morgan fingerprint density at radius 2 is 1.88 bits per heavy atom. The van der Waals surface area contributed by atoms with Crippen molar-refractivity contribution in [1.29, 1.82) is 0 Å². The number of nitrogens with zero attached hydrogens (tertiary/aromatic N) is 1. The van der Waals surface area contributed by atoms with Crippen LogP contribution in [-0.4, -0.2) is 18.1 Å². The third-order valence-electron chi connectivity index (χ3n) is 4.62. The summed E-state index contributed by atoms with van der Waals surface area (Å²) in [6.07, 6.45) is 2.43. The van der Waals surface area contributed by atoms with Crippen LogP contribution in [0.2, 0.25) is 0 Å². The van der Waals surface area contributed by atoms with Gasteiger partial charge in [-0.1, -0.05) is 28.1 Å². The smallest absolute Gasteiger partial charge is 0.131 e. The summed E-state index contributed by atoms with van der Waals surface area (Å²) in [6.45, 7) is 2.23. The standard InChI is InChI=1S/C20H20BrN3/c21-17-5-6-19-16(12-17)4-7-20(24-19)23-18-3-1-2-15(13-18)14-8-10-22-11-9-14/h1-7,12-14,22H,8-11H2,(H,23,24). The molecule has 24 heavy (non-hydrogen) atoms. The van der Waals surface area contributed by atoms with E-state index in [0.717, 1.165) is 40.0 Å². The Morgan fingerprint density at radius 3 is 2.75 bits per heavy atom. The monoisotopic (exact) mass is 381 g/mol. The van der Waals surface area contributed by atoms with Gasteiger partial charge in [-0.15, -0.1) is 0 Å². The van der Waals surface area contributed by atoms with Gasteiger partial charge in [0.05, 0.1) is 5.52 Å². The number of hydrogen-bond donors (Lipinski definition) is 2. The normalized spacial score (nSPS) is 15.5. The van der Waals surface area contributed by atoms with Gasteiger partial charge >= 0.3 is 0 Å². The van der Waals surface area contributed by atoms with E-state index in [9.17, 15) is 0 Å². The van der Waals surface area contributed by atoms with Gasteiger partial charge in [0.1, 0.15) is 5.82 Å². The first-order chi connectivity index (χ1) is 11.8. The lowest BCUT2D eigenvalue weighted by molar-refractivity contribution is 0.460. The Balaban J connectivity index is 1.57. The molecule has 0 atom stereocenters. The summed E-state index contributed by atoms with van der Waals surface area (Å²) in [5.41, 5.74) is 3.53. The van der Waals surface area contributed by atoms with Crippen molar-refractivity contribution in [2.75, 3.05) is 18.4 Å². The minimum absolute atomic E-state index is 0.662. The Bertz CT molecular complexity index is 856.